The summed E-state index contributed by atoms with van der Waals surface area (Å²) in [7, 11) is 0. The number of hydrogen-bond acceptors (Lipinski definition) is 4. The van der Waals surface area contributed by atoms with Crippen molar-refractivity contribution in [3.8, 4) is 0 Å². The molecule has 0 unspecified atom stereocenters. The van der Waals surface area contributed by atoms with E-state index in [2.05, 4.69) is 4.98 Å². The number of carbonyl (C=O) groups excluding carboxylic acids is 1. The quantitative estimate of drug-likeness (QED) is 0.846. The first-order valence-electron chi connectivity index (χ1n) is 6.94. The van der Waals surface area contributed by atoms with Crippen molar-refractivity contribution in [1.29, 1.82) is 0 Å². The molecular weight excluding hydrogens is 272 g/mol. The van der Waals surface area contributed by atoms with E-state index >= 15 is 0 Å². The van der Waals surface area contributed by atoms with E-state index in [9.17, 15) is 4.79 Å². The van der Waals surface area contributed by atoms with E-state index in [-0.39, 0.29) is 11.9 Å². The van der Waals surface area contributed by atoms with Crippen LogP contribution in [0.2, 0.25) is 0 Å². The Balaban J connectivity index is 1.87. The number of thiazole rings is 1. The molecule has 0 aromatic carbocycles. The molecule has 4 nitrogen and oxygen atoms in total. The van der Waals surface area contributed by atoms with Gasteiger partial charge in [-0.1, -0.05) is 0 Å². The van der Waals surface area contributed by atoms with Crippen LogP contribution in [0.5, 0.6) is 0 Å². The molecular formula is C15H18N2O2S. The van der Waals surface area contributed by atoms with Crippen molar-refractivity contribution in [2.24, 2.45) is 0 Å². The molecule has 0 spiro atoms. The summed E-state index contributed by atoms with van der Waals surface area (Å²) >= 11 is 1.64. The second-order valence-corrected chi connectivity index (χ2v) is 6.14. The average Bonchev–Trinajstić information content (AvgIpc) is 3.07. The molecule has 106 valence electrons. The largest absolute Gasteiger partial charge is 0.456 e. The molecule has 0 bridgehead atoms. The highest BCUT2D eigenvalue weighted by atomic mass is 32.1. The lowest BCUT2D eigenvalue weighted by molar-refractivity contribution is 0.0577. The molecule has 0 radical (unpaired) electrons. The Labute approximate surface area is 122 Å². The third kappa shape index (κ3) is 2.50. The van der Waals surface area contributed by atoms with E-state index < -0.39 is 0 Å². The summed E-state index contributed by atoms with van der Waals surface area (Å²) in [6.07, 6.45) is 3.18. The minimum Gasteiger partial charge on any atom is -0.456 e. The molecule has 1 fully saturated rings. The number of aryl methyl sites for hydroxylation is 2. The predicted octanol–water partition coefficient (Wildman–Crippen LogP) is 3.72. The van der Waals surface area contributed by atoms with Gasteiger partial charge < -0.3 is 9.32 Å². The van der Waals surface area contributed by atoms with Crippen molar-refractivity contribution in [2.75, 3.05) is 6.54 Å². The Bertz CT molecular complexity index is 617. The van der Waals surface area contributed by atoms with Gasteiger partial charge in [0, 0.05) is 17.6 Å². The van der Waals surface area contributed by atoms with Crippen molar-refractivity contribution >= 4 is 17.2 Å². The zero-order chi connectivity index (χ0) is 14.1. The van der Waals surface area contributed by atoms with Crippen LogP contribution in [0.3, 0.4) is 0 Å². The highest BCUT2D eigenvalue weighted by Crippen LogP contribution is 2.33. The molecule has 20 heavy (non-hydrogen) atoms. The zero-order valence-electron chi connectivity index (χ0n) is 11.8. The van der Waals surface area contributed by atoms with Crippen LogP contribution < -0.4 is 0 Å². The lowest BCUT2D eigenvalue weighted by Crippen LogP contribution is -2.38. The number of piperidine rings is 1. The number of rotatable bonds is 2. The minimum absolute atomic E-state index is 0.0179. The molecule has 1 saturated heterocycles. The number of likely N-dealkylation sites (tertiary alicyclic amines) is 1. The third-order valence-corrected chi connectivity index (χ3v) is 4.70. The van der Waals surface area contributed by atoms with Gasteiger partial charge in [0.1, 0.15) is 10.8 Å². The minimum atomic E-state index is -0.0179. The van der Waals surface area contributed by atoms with Crippen LogP contribution in [0.25, 0.3) is 0 Å². The topological polar surface area (TPSA) is 46.3 Å². The fraction of sp³-hybridized carbons (Fsp3) is 0.467. The average molecular weight is 290 g/mol. The van der Waals surface area contributed by atoms with E-state index in [0.29, 0.717) is 5.76 Å². The summed E-state index contributed by atoms with van der Waals surface area (Å²) in [5, 5.41) is 3.09. The Hall–Kier alpha value is -1.62. The summed E-state index contributed by atoms with van der Waals surface area (Å²) < 4.78 is 5.48. The van der Waals surface area contributed by atoms with Crippen LogP contribution in [-0.4, -0.2) is 22.3 Å². The van der Waals surface area contributed by atoms with E-state index in [4.69, 9.17) is 4.42 Å². The van der Waals surface area contributed by atoms with E-state index in [1.54, 1.807) is 17.4 Å². The monoisotopic (exact) mass is 290 g/mol. The van der Waals surface area contributed by atoms with E-state index in [0.717, 1.165) is 42.3 Å². The number of amides is 1. The summed E-state index contributed by atoms with van der Waals surface area (Å²) in [5.41, 5.74) is 1.02. The second kappa shape index (κ2) is 5.40. The van der Waals surface area contributed by atoms with Crippen LogP contribution >= 0.6 is 11.3 Å². The van der Waals surface area contributed by atoms with Crippen LogP contribution in [-0.2, 0) is 0 Å². The van der Waals surface area contributed by atoms with Crippen LogP contribution in [0.15, 0.2) is 21.9 Å². The van der Waals surface area contributed by atoms with Gasteiger partial charge in [-0.05, 0) is 45.2 Å². The Morgan fingerprint density at radius 2 is 2.25 bits per heavy atom. The molecule has 1 aliphatic rings. The molecule has 0 N–H and O–H groups in total. The second-order valence-electron chi connectivity index (χ2n) is 5.25. The fourth-order valence-corrected chi connectivity index (χ4v) is 3.59. The number of aromatic nitrogens is 1. The summed E-state index contributed by atoms with van der Waals surface area (Å²) in [4.78, 5) is 19.1. The van der Waals surface area contributed by atoms with Crippen molar-refractivity contribution < 1.29 is 9.21 Å². The van der Waals surface area contributed by atoms with Crippen molar-refractivity contribution in [2.45, 2.75) is 39.2 Å². The Kier molecular flexibility index (Phi) is 3.61. The number of nitrogens with zero attached hydrogens (tertiary/aromatic N) is 2. The molecule has 1 aliphatic heterocycles. The van der Waals surface area contributed by atoms with Gasteiger partial charge in [0.05, 0.1) is 6.04 Å². The first-order chi connectivity index (χ1) is 9.65. The molecule has 0 saturated carbocycles. The maximum Gasteiger partial charge on any atom is 0.290 e. The van der Waals surface area contributed by atoms with Gasteiger partial charge in [-0.2, -0.15) is 0 Å². The van der Waals surface area contributed by atoms with Gasteiger partial charge in [-0.25, -0.2) is 4.98 Å². The lowest BCUT2D eigenvalue weighted by atomic mass is 10.0. The summed E-state index contributed by atoms with van der Waals surface area (Å²) in [6, 6.07) is 3.69. The van der Waals surface area contributed by atoms with E-state index in [1.807, 2.05) is 30.2 Å². The van der Waals surface area contributed by atoms with Gasteiger partial charge in [0.15, 0.2) is 5.76 Å². The van der Waals surface area contributed by atoms with Gasteiger partial charge in [0.25, 0.3) is 5.91 Å². The van der Waals surface area contributed by atoms with Crippen LogP contribution in [0.1, 0.15) is 52.3 Å². The maximum atomic E-state index is 12.6. The third-order valence-electron chi connectivity index (χ3n) is 3.64. The van der Waals surface area contributed by atoms with E-state index in [1.165, 1.54) is 0 Å². The van der Waals surface area contributed by atoms with Crippen LogP contribution in [0, 0.1) is 13.8 Å². The Morgan fingerprint density at radius 3 is 2.90 bits per heavy atom. The van der Waals surface area contributed by atoms with Gasteiger partial charge in [-0.15, -0.1) is 11.3 Å². The van der Waals surface area contributed by atoms with Crippen molar-refractivity contribution in [1.82, 2.24) is 9.88 Å². The molecule has 0 aliphatic carbocycles. The number of carbonyl (C=O) groups is 1. The predicted molar refractivity (Wildman–Crippen MR) is 77.9 cm³/mol. The molecule has 1 amide bonds. The molecule has 3 heterocycles. The maximum absolute atomic E-state index is 12.6. The smallest absolute Gasteiger partial charge is 0.290 e. The summed E-state index contributed by atoms with van der Waals surface area (Å²) in [6.45, 7) is 4.63. The van der Waals surface area contributed by atoms with Gasteiger partial charge in [0.2, 0.25) is 0 Å². The fourth-order valence-electron chi connectivity index (χ4n) is 2.65. The zero-order valence-corrected chi connectivity index (χ0v) is 12.6. The first kappa shape index (κ1) is 13.4. The lowest BCUT2D eigenvalue weighted by Gasteiger charge is -2.33. The summed E-state index contributed by atoms with van der Waals surface area (Å²) in [5.74, 6) is 1.19. The molecule has 3 rings (SSSR count). The molecule has 5 heteroatoms. The van der Waals surface area contributed by atoms with Gasteiger partial charge >= 0.3 is 0 Å². The normalized spacial score (nSPS) is 19.3. The molecule has 1 atom stereocenters. The number of hydrogen-bond donors (Lipinski definition) is 0. The molecule has 2 aromatic heterocycles. The highest BCUT2D eigenvalue weighted by molar-refractivity contribution is 7.09. The molecule has 2 aromatic rings. The highest BCUT2D eigenvalue weighted by Gasteiger charge is 2.31. The van der Waals surface area contributed by atoms with Crippen molar-refractivity contribution in [3.05, 3.63) is 39.7 Å². The Morgan fingerprint density at radius 1 is 1.40 bits per heavy atom. The standard InChI is InChI=1S/C15H18N2O2S/c1-10-9-20-14(16-10)12-5-3-4-8-17(12)15(18)13-7-6-11(2)19-13/h6-7,9,12H,3-5,8H2,1-2H3/t12-/m1/s1. The SMILES string of the molecule is Cc1csc([C@H]2CCCCN2C(=O)c2ccc(C)o2)n1. The van der Waals surface area contributed by atoms with Crippen LogP contribution in [0.4, 0.5) is 0 Å². The van der Waals surface area contributed by atoms with Crippen molar-refractivity contribution in [3.63, 3.8) is 0 Å². The van der Waals surface area contributed by atoms with Gasteiger partial charge in [-0.3, -0.25) is 4.79 Å². The first-order valence-corrected chi connectivity index (χ1v) is 7.82. The number of furan rings is 1.